The molecule has 7 nitrogen and oxygen atoms in total. The van der Waals surface area contributed by atoms with Gasteiger partial charge in [0.1, 0.15) is 11.2 Å². The summed E-state index contributed by atoms with van der Waals surface area (Å²) in [6, 6.07) is 8.73. The molecule has 132 valence electrons. The molecule has 25 heavy (non-hydrogen) atoms. The fourth-order valence-electron chi connectivity index (χ4n) is 3.57. The molecule has 1 saturated heterocycles. The summed E-state index contributed by atoms with van der Waals surface area (Å²) < 4.78 is 5.24. The number of hydrogen-bond donors (Lipinski definition) is 2. The molecule has 1 aromatic carbocycles. The Morgan fingerprint density at radius 3 is 2.84 bits per heavy atom. The molecule has 2 amide bonds. The molecule has 2 heterocycles. The first-order chi connectivity index (χ1) is 12.0. The zero-order valence-corrected chi connectivity index (χ0v) is 14.3. The molecule has 1 aromatic heterocycles. The van der Waals surface area contributed by atoms with Gasteiger partial charge < -0.3 is 19.9 Å². The Bertz CT molecular complexity index is 876. The van der Waals surface area contributed by atoms with E-state index in [-0.39, 0.29) is 29.7 Å². The van der Waals surface area contributed by atoms with Gasteiger partial charge in [-0.1, -0.05) is 18.2 Å². The zero-order chi connectivity index (χ0) is 18.0. The summed E-state index contributed by atoms with van der Waals surface area (Å²) in [7, 11) is 3.04. The van der Waals surface area contributed by atoms with E-state index in [1.807, 2.05) is 6.07 Å². The van der Waals surface area contributed by atoms with Crippen molar-refractivity contribution in [1.29, 1.82) is 0 Å². The molecule has 7 heteroatoms. The molecule has 0 bridgehead atoms. The lowest BCUT2D eigenvalue weighted by Gasteiger charge is -2.36. The molecule has 2 N–H and O–H groups in total. The first-order valence-corrected chi connectivity index (χ1v) is 8.18. The van der Waals surface area contributed by atoms with E-state index >= 15 is 0 Å². The second-order valence-electron chi connectivity index (χ2n) is 6.20. The Balaban J connectivity index is 2.04. The van der Waals surface area contributed by atoms with Crippen LogP contribution in [0, 0.1) is 0 Å². The molecular formula is C18H21N3O4. The first-order valence-electron chi connectivity index (χ1n) is 8.18. The molecule has 0 aliphatic carbocycles. The van der Waals surface area contributed by atoms with Crippen molar-refractivity contribution in [2.75, 3.05) is 27.3 Å². The number of carbonyl (C=O) groups excluding carboxylic acids is 2. The number of likely N-dealkylation sites (tertiary alicyclic amines) is 1. The maximum atomic E-state index is 13.1. The SMILES string of the molecule is CNC(=O)C1(COC)CCCN1C(=O)c1cc2ccccc2c(=O)[nH]1. The normalized spacial score (nSPS) is 20.0. The number of carbonyl (C=O) groups is 2. The number of pyridine rings is 1. The van der Waals surface area contributed by atoms with Crippen molar-refractivity contribution in [1.82, 2.24) is 15.2 Å². The minimum absolute atomic E-state index is 0.107. The van der Waals surface area contributed by atoms with E-state index < -0.39 is 5.54 Å². The maximum absolute atomic E-state index is 13.1. The van der Waals surface area contributed by atoms with Crippen LogP contribution in [0.4, 0.5) is 0 Å². The number of ether oxygens (including phenoxy) is 1. The van der Waals surface area contributed by atoms with Gasteiger partial charge in [-0.25, -0.2) is 0 Å². The number of H-pyrrole nitrogens is 1. The lowest BCUT2D eigenvalue weighted by molar-refractivity contribution is -0.133. The summed E-state index contributed by atoms with van der Waals surface area (Å²) in [6.07, 6.45) is 1.21. The molecule has 0 saturated carbocycles. The van der Waals surface area contributed by atoms with Gasteiger partial charge in [0.25, 0.3) is 11.5 Å². The van der Waals surface area contributed by atoms with Crippen molar-refractivity contribution in [3.8, 4) is 0 Å². The summed E-state index contributed by atoms with van der Waals surface area (Å²) in [5.74, 6) is -0.635. The molecule has 1 aliphatic rings. The van der Waals surface area contributed by atoms with Crippen molar-refractivity contribution < 1.29 is 14.3 Å². The number of nitrogens with one attached hydrogen (secondary N) is 2. The zero-order valence-electron chi connectivity index (χ0n) is 14.3. The van der Waals surface area contributed by atoms with Gasteiger partial charge in [-0.3, -0.25) is 14.4 Å². The fraction of sp³-hybridized carbons (Fsp3) is 0.389. The fourth-order valence-corrected chi connectivity index (χ4v) is 3.57. The van der Waals surface area contributed by atoms with Gasteiger partial charge in [0.2, 0.25) is 5.91 Å². The van der Waals surface area contributed by atoms with Crippen molar-refractivity contribution >= 4 is 22.6 Å². The standard InChI is InChI=1S/C18H21N3O4/c1-19-17(24)18(11-25-2)8-5-9-21(18)16(23)14-10-12-6-3-4-7-13(12)15(22)20-14/h3-4,6-7,10H,5,8-9,11H2,1-2H3,(H,19,24)(H,20,22). The number of hydrogen-bond acceptors (Lipinski definition) is 4. The highest BCUT2D eigenvalue weighted by atomic mass is 16.5. The molecule has 1 aliphatic heterocycles. The molecular weight excluding hydrogens is 322 g/mol. The van der Waals surface area contributed by atoms with Crippen LogP contribution in [0.15, 0.2) is 35.1 Å². The van der Waals surface area contributed by atoms with Gasteiger partial charge >= 0.3 is 0 Å². The molecule has 1 fully saturated rings. The minimum atomic E-state index is -1.05. The van der Waals surface area contributed by atoms with Crippen LogP contribution in [-0.4, -0.2) is 54.5 Å². The average molecular weight is 343 g/mol. The predicted molar refractivity (Wildman–Crippen MR) is 93.5 cm³/mol. The Morgan fingerprint density at radius 2 is 2.12 bits per heavy atom. The Hall–Kier alpha value is -2.67. The van der Waals surface area contributed by atoms with Gasteiger partial charge in [0.05, 0.1) is 6.61 Å². The van der Waals surface area contributed by atoms with Crippen LogP contribution in [0.5, 0.6) is 0 Å². The highest BCUT2D eigenvalue weighted by Gasteiger charge is 2.49. The summed E-state index contributed by atoms with van der Waals surface area (Å²) >= 11 is 0. The van der Waals surface area contributed by atoms with E-state index in [0.717, 1.165) is 0 Å². The summed E-state index contributed by atoms with van der Waals surface area (Å²) in [5, 5.41) is 3.83. The van der Waals surface area contributed by atoms with Crippen LogP contribution >= 0.6 is 0 Å². The van der Waals surface area contributed by atoms with Crippen LogP contribution in [0.25, 0.3) is 10.8 Å². The number of aromatic nitrogens is 1. The second kappa shape index (κ2) is 6.68. The van der Waals surface area contributed by atoms with Crippen LogP contribution < -0.4 is 10.9 Å². The van der Waals surface area contributed by atoms with Crippen molar-refractivity contribution in [2.24, 2.45) is 0 Å². The van der Waals surface area contributed by atoms with Crippen LogP contribution in [0.3, 0.4) is 0 Å². The second-order valence-corrected chi connectivity index (χ2v) is 6.20. The minimum Gasteiger partial charge on any atom is -0.382 e. The van der Waals surface area contributed by atoms with Crippen molar-refractivity contribution in [3.05, 3.63) is 46.4 Å². The highest BCUT2D eigenvalue weighted by Crippen LogP contribution is 2.31. The van der Waals surface area contributed by atoms with E-state index in [0.29, 0.717) is 30.2 Å². The third kappa shape index (κ3) is 2.80. The molecule has 2 aromatic rings. The monoisotopic (exact) mass is 343 g/mol. The number of rotatable bonds is 4. The lowest BCUT2D eigenvalue weighted by atomic mass is 9.95. The van der Waals surface area contributed by atoms with E-state index in [9.17, 15) is 14.4 Å². The van der Waals surface area contributed by atoms with E-state index in [1.165, 1.54) is 12.0 Å². The van der Waals surface area contributed by atoms with Gasteiger partial charge in [-0.05, 0) is 30.4 Å². The predicted octanol–water partition coefficient (Wildman–Crippen LogP) is 0.895. The van der Waals surface area contributed by atoms with Gasteiger partial charge in [0, 0.05) is 26.1 Å². The highest BCUT2D eigenvalue weighted by molar-refractivity contribution is 6.00. The topological polar surface area (TPSA) is 91.5 Å². The number of benzene rings is 1. The van der Waals surface area contributed by atoms with Gasteiger partial charge in [-0.15, -0.1) is 0 Å². The van der Waals surface area contributed by atoms with Crippen molar-refractivity contribution in [2.45, 2.75) is 18.4 Å². The van der Waals surface area contributed by atoms with Crippen molar-refractivity contribution in [3.63, 3.8) is 0 Å². The van der Waals surface area contributed by atoms with E-state index in [1.54, 1.807) is 31.3 Å². The Labute approximate surface area is 145 Å². The van der Waals surface area contributed by atoms with Crippen LogP contribution in [0.1, 0.15) is 23.3 Å². The summed E-state index contributed by atoms with van der Waals surface area (Å²) in [4.78, 5) is 42.0. The average Bonchev–Trinajstić information content (AvgIpc) is 3.05. The quantitative estimate of drug-likeness (QED) is 0.863. The molecule has 0 radical (unpaired) electrons. The molecule has 1 atom stereocenters. The van der Waals surface area contributed by atoms with Crippen LogP contribution in [0.2, 0.25) is 0 Å². The Kier molecular flexibility index (Phi) is 4.59. The summed E-state index contributed by atoms with van der Waals surface area (Å²) in [5.41, 5.74) is -1.20. The number of methoxy groups -OCH3 is 1. The molecule has 3 rings (SSSR count). The van der Waals surface area contributed by atoms with Gasteiger partial charge in [-0.2, -0.15) is 0 Å². The number of amides is 2. The summed E-state index contributed by atoms with van der Waals surface area (Å²) in [6.45, 7) is 0.542. The largest absolute Gasteiger partial charge is 0.382 e. The number of aromatic amines is 1. The first kappa shape index (κ1) is 17.2. The third-order valence-electron chi connectivity index (χ3n) is 4.75. The Morgan fingerprint density at radius 1 is 1.36 bits per heavy atom. The number of likely N-dealkylation sites (N-methyl/N-ethyl adjacent to an activating group) is 1. The lowest BCUT2D eigenvalue weighted by Crippen LogP contribution is -2.59. The van der Waals surface area contributed by atoms with Crippen LogP contribution in [-0.2, 0) is 9.53 Å². The van der Waals surface area contributed by atoms with E-state index in [4.69, 9.17) is 4.74 Å². The smallest absolute Gasteiger partial charge is 0.271 e. The third-order valence-corrected chi connectivity index (χ3v) is 4.75. The van der Waals surface area contributed by atoms with Gasteiger partial charge in [0.15, 0.2) is 0 Å². The molecule has 1 unspecified atom stereocenters. The number of fused-ring (bicyclic) bond motifs is 1. The molecule has 0 spiro atoms. The maximum Gasteiger partial charge on any atom is 0.271 e. The number of nitrogens with zero attached hydrogens (tertiary/aromatic N) is 1. The van der Waals surface area contributed by atoms with E-state index in [2.05, 4.69) is 10.3 Å².